The van der Waals surface area contributed by atoms with Crippen LogP contribution in [0.3, 0.4) is 0 Å². The number of rotatable bonds is 3. The van der Waals surface area contributed by atoms with Gasteiger partial charge < -0.3 is 10.2 Å². The monoisotopic (exact) mass is 366 g/mol. The lowest BCUT2D eigenvalue weighted by molar-refractivity contribution is -0.126. The average molecular weight is 367 g/mol. The SMILES string of the molecule is O=C(NC1CCN(C(=O)c2ccc(Cl)cc2F)CC1)C1CCCCC1. The van der Waals surface area contributed by atoms with Crippen LogP contribution in [0.5, 0.6) is 0 Å². The van der Waals surface area contributed by atoms with Gasteiger partial charge in [0.25, 0.3) is 5.91 Å². The molecule has 1 saturated carbocycles. The molecule has 0 bridgehead atoms. The normalized spacial score (nSPS) is 19.7. The number of nitrogens with one attached hydrogen (secondary N) is 1. The molecule has 0 atom stereocenters. The summed E-state index contributed by atoms with van der Waals surface area (Å²) < 4.78 is 13.9. The van der Waals surface area contributed by atoms with Crippen molar-refractivity contribution < 1.29 is 14.0 Å². The van der Waals surface area contributed by atoms with Crippen molar-refractivity contribution in [3.8, 4) is 0 Å². The molecule has 0 spiro atoms. The number of halogens is 2. The van der Waals surface area contributed by atoms with E-state index in [2.05, 4.69) is 5.32 Å². The Labute approximate surface area is 152 Å². The van der Waals surface area contributed by atoms with E-state index in [4.69, 9.17) is 11.6 Å². The van der Waals surface area contributed by atoms with Crippen LogP contribution in [0.15, 0.2) is 18.2 Å². The van der Waals surface area contributed by atoms with Gasteiger partial charge in [-0.1, -0.05) is 30.9 Å². The molecule has 1 N–H and O–H groups in total. The zero-order chi connectivity index (χ0) is 17.8. The summed E-state index contributed by atoms with van der Waals surface area (Å²) in [6, 6.07) is 4.21. The molecular weight excluding hydrogens is 343 g/mol. The topological polar surface area (TPSA) is 49.4 Å². The summed E-state index contributed by atoms with van der Waals surface area (Å²) in [5, 5.41) is 3.41. The van der Waals surface area contributed by atoms with E-state index in [0.717, 1.165) is 31.7 Å². The van der Waals surface area contributed by atoms with Crippen molar-refractivity contribution in [2.24, 2.45) is 5.92 Å². The van der Waals surface area contributed by atoms with Crippen LogP contribution in [0.4, 0.5) is 4.39 Å². The Morgan fingerprint density at radius 2 is 1.76 bits per heavy atom. The minimum atomic E-state index is -0.592. The first-order chi connectivity index (χ1) is 12.0. The molecule has 1 aromatic carbocycles. The van der Waals surface area contributed by atoms with E-state index < -0.39 is 5.82 Å². The number of benzene rings is 1. The van der Waals surface area contributed by atoms with E-state index in [1.165, 1.54) is 18.6 Å². The maximum atomic E-state index is 13.9. The molecule has 6 heteroatoms. The summed E-state index contributed by atoms with van der Waals surface area (Å²) in [7, 11) is 0. The highest BCUT2D eigenvalue weighted by atomic mass is 35.5. The lowest BCUT2D eigenvalue weighted by Gasteiger charge is -2.33. The fourth-order valence-corrected chi connectivity index (χ4v) is 3.90. The van der Waals surface area contributed by atoms with Crippen molar-refractivity contribution >= 4 is 23.4 Å². The van der Waals surface area contributed by atoms with Gasteiger partial charge in [0.2, 0.25) is 5.91 Å². The predicted molar refractivity (Wildman–Crippen MR) is 95.1 cm³/mol. The molecule has 0 unspecified atom stereocenters. The van der Waals surface area contributed by atoms with Gasteiger partial charge in [-0.25, -0.2) is 4.39 Å². The molecule has 1 aliphatic carbocycles. The molecule has 0 radical (unpaired) electrons. The summed E-state index contributed by atoms with van der Waals surface area (Å²) in [5.41, 5.74) is 0.0501. The Kier molecular flexibility index (Phi) is 5.94. The van der Waals surface area contributed by atoms with Gasteiger partial charge in [-0.3, -0.25) is 9.59 Å². The fraction of sp³-hybridized carbons (Fsp3) is 0.579. The standard InChI is InChI=1S/C19H24ClFN2O2/c20-14-6-7-16(17(21)12-14)19(25)23-10-8-15(9-11-23)22-18(24)13-4-2-1-3-5-13/h6-7,12-13,15H,1-5,8-11H2,(H,22,24). The predicted octanol–water partition coefficient (Wildman–Crippen LogP) is 3.78. The third kappa shape index (κ3) is 4.51. The van der Waals surface area contributed by atoms with Crippen LogP contribution < -0.4 is 5.32 Å². The molecule has 3 rings (SSSR count). The van der Waals surface area contributed by atoms with E-state index in [-0.39, 0.29) is 34.4 Å². The zero-order valence-electron chi connectivity index (χ0n) is 14.3. The van der Waals surface area contributed by atoms with Crippen molar-refractivity contribution in [3.05, 3.63) is 34.6 Å². The second kappa shape index (κ2) is 8.17. The van der Waals surface area contributed by atoms with Crippen molar-refractivity contribution in [1.29, 1.82) is 0 Å². The van der Waals surface area contributed by atoms with Crippen molar-refractivity contribution in [2.75, 3.05) is 13.1 Å². The first kappa shape index (κ1) is 18.2. The van der Waals surface area contributed by atoms with Crippen molar-refractivity contribution in [3.63, 3.8) is 0 Å². The Balaban J connectivity index is 1.51. The second-order valence-corrected chi connectivity index (χ2v) is 7.47. The van der Waals surface area contributed by atoms with Gasteiger partial charge in [0.05, 0.1) is 5.56 Å². The molecule has 2 aliphatic rings. The maximum Gasteiger partial charge on any atom is 0.256 e. The quantitative estimate of drug-likeness (QED) is 0.885. The minimum Gasteiger partial charge on any atom is -0.353 e. The van der Waals surface area contributed by atoms with E-state index in [1.54, 1.807) is 4.90 Å². The summed E-state index contributed by atoms with van der Waals surface area (Å²) in [4.78, 5) is 26.4. The first-order valence-electron chi connectivity index (χ1n) is 9.09. The maximum absolute atomic E-state index is 13.9. The van der Waals surface area contributed by atoms with Gasteiger partial charge in [0.15, 0.2) is 0 Å². The summed E-state index contributed by atoms with van der Waals surface area (Å²) in [6.07, 6.45) is 6.89. The highest BCUT2D eigenvalue weighted by molar-refractivity contribution is 6.30. The van der Waals surface area contributed by atoms with Gasteiger partial charge in [-0.2, -0.15) is 0 Å². The third-order valence-corrected chi connectivity index (χ3v) is 5.50. The van der Waals surface area contributed by atoms with E-state index in [1.807, 2.05) is 0 Å². The largest absolute Gasteiger partial charge is 0.353 e. The van der Waals surface area contributed by atoms with Crippen LogP contribution in [-0.4, -0.2) is 35.8 Å². The molecule has 4 nitrogen and oxygen atoms in total. The molecule has 1 aliphatic heterocycles. The molecule has 2 amide bonds. The molecule has 25 heavy (non-hydrogen) atoms. The Morgan fingerprint density at radius 1 is 1.08 bits per heavy atom. The van der Waals surface area contributed by atoms with E-state index >= 15 is 0 Å². The van der Waals surface area contributed by atoms with Gasteiger partial charge in [0.1, 0.15) is 5.82 Å². The van der Waals surface area contributed by atoms with E-state index in [9.17, 15) is 14.0 Å². The zero-order valence-corrected chi connectivity index (χ0v) is 15.0. The van der Waals surface area contributed by atoms with E-state index in [0.29, 0.717) is 25.9 Å². The molecule has 1 heterocycles. The average Bonchev–Trinajstić information content (AvgIpc) is 2.62. The number of carbonyl (C=O) groups is 2. The highest BCUT2D eigenvalue weighted by Gasteiger charge is 2.28. The third-order valence-electron chi connectivity index (χ3n) is 5.27. The molecule has 1 aromatic rings. The van der Waals surface area contributed by atoms with Crippen LogP contribution in [0.2, 0.25) is 5.02 Å². The molecule has 136 valence electrons. The first-order valence-corrected chi connectivity index (χ1v) is 9.47. The summed E-state index contributed by atoms with van der Waals surface area (Å²) in [5.74, 6) is -0.596. The number of likely N-dealkylation sites (tertiary alicyclic amines) is 1. The van der Waals surface area contributed by atoms with Crippen molar-refractivity contribution in [1.82, 2.24) is 10.2 Å². The lowest BCUT2D eigenvalue weighted by Crippen LogP contribution is -2.48. The molecule has 2 fully saturated rings. The summed E-state index contributed by atoms with van der Waals surface area (Å²) >= 11 is 5.73. The Hall–Kier alpha value is -1.62. The van der Waals surface area contributed by atoms with Gasteiger partial charge in [0, 0.05) is 30.1 Å². The number of amides is 2. The Morgan fingerprint density at radius 3 is 2.40 bits per heavy atom. The van der Waals surface area contributed by atoms with Crippen LogP contribution in [-0.2, 0) is 4.79 Å². The van der Waals surface area contributed by atoms with Crippen LogP contribution in [0.25, 0.3) is 0 Å². The van der Waals surface area contributed by atoms with Gasteiger partial charge in [-0.05, 0) is 43.9 Å². The van der Waals surface area contributed by atoms with Crippen molar-refractivity contribution in [2.45, 2.75) is 51.0 Å². The number of carbonyl (C=O) groups excluding carboxylic acids is 2. The molecular formula is C19H24ClFN2O2. The smallest absolute Gasteiger partial charge is 0.256 e. The number of piperidine rings is 1. The number of hydrogen-bond donors (Lipinski definition) is 1. The minimum absolute atomic E-state index is 0.0501. The number of hydrogen-bond acceptors (Lipinski definition) is 2. The molecule has 0 aromatic heterocycles. The lowest BCUT2D eigenvalue weighted by atomic mass is 9.88. The van der Waals surface area contributed by atoms with Crippen LogP contribution in [0, 0.1) is 11.7 Å². The van der Waals surface area contributed by atoms with Crippen LogP contribution in [0.1, 0.15) is 55.3 Å². The highest BCUT2D eigenvalue weighted by Crippen LogP contribution is 2.24. The van der Waals surface area contributed by atoms with Gasteiger partial charge in [-0.15, -0.1) is 0 Å². The fourth-order valence-electron chi connectivity index (χ4n) is 3.74. The number of nitrogens with zero attached hydrogens (tertiary/aromatic N) is 1. The summed E-state index contributed by atoms with van der Waals surface area (Å²) in [6.45, 7) is 1.05. The van der Waals surface area contributed by atoms with Crippen LogP contribution >= 0.6 is 11.6 Å². The van der Waals surface area contributed by atoms with Gasteiger partial charge >= 0.3 is 0 Å². The second-order valence-electron chi connectivity index (χ2n) is 7.03. The molecule has 1 saturated heterocycles. The Bertz CT molecular complexity index is 638.